The van der Waals surface area contributed by atoms with E-state index in [-0.39, 0.29) is 11.8 Å². The van der Waals surface area contributed by atoms with Crippen molar-refractivity contribution in [1.82, 2.24) is 15.0 Å². The van der Waals surface area contributed by atoms with Crippen LogP contribution in [-0.4, -0.2) is 33.9 Å². The van der Waals surface area contributed by atoms with Crippen LogP contribution in [0.5, 0.6) is 0 Å². The molecule has 118 valence electrons. The second-order valence-corrected chi connectivity index (χ2v) is 6.04. The first kappa shape index (κ1) is 13.8. The highest BCUT2D eigenvalue weighted by molar-refractivity contribution is 6.12. The van der Waals surface area contributed by atoms with Crippen LogP contribution >= 0.6 is 0 Å². The number of aromatic amines is 1. The number of primary amides is 1. The van der Waals surface area contributed by atoms with Crippen molar-refractivity contribution in [2.75, 3.05) is 23.7 Å². The Balaban J connectivity index is 1.87. The Labute approximate surface area is 132 Å². The van der Waals surface area contributed by atoms with Crippen LogP contribution in [0.2, 0.25) is 0 Å². The third-order valence-corrected chi connectivity index (χ3v) is 4.52. The number of hydrogen-bond donors (Lipinski definition) is 3. The fourth-order valence-electron chi connectivity index (χ4n) is 3.37. The van der Waals surface area contributed by atoms with Gasteiger partial charge >= 0.3 is 0 Å². The molecule has 2 aromatic heterocycles. The number of H-pyrrole nitrogens is 1. The van der Waals surface area contributed by atoms with Crippen LogP contribution in [0.15, 0.2) is 24.5 Å². The van der Waals surface area contributed by atoms with Crippen LogP contribution < -0.4 is 16.4 Å². The minimum absolute atomic E-state index is 0.135. The zero-order chi connectivity index (χ0) is 16.0. The van der Waals surface area contributed by atoms with Crippen LogP contribution in [0.3, 0.4) is 0 Å². The number of aromatic nitrogens is 3. The van der Waals surface area contributed by atoms with Gasteiger partial charge in [-0.1, -0.05) is 0 Å². The molecule has 1 atom stereocenters. The predicted molar refractivity (Wildman–Crippen MR) is 89.9 cm³/mol. The Morgan fingerprint density at radius 3 is 3.04 bits per heavy atom. The van der Waals surface area contributed by atoms with E-state index in [0.717, 1.165) is 47.1 Å². The summed E-state index contributed by atoms with van der Waals surface area (Å²) in [5.74, 6) is 0.449. The van der Waals surface area contributed by atoms with Crippen LogP contribution in [-0.2, 0) is 4.79 Å². The molecule has 23 heavy (non-hydrogen) atoms. The summed E-state index contributed by atoms with van der Waals surface area (Å²) in [5, 5.41) is 1.94. The Morgan fingerprint density at radius 2 is 2.22 bits per heavy atom. The summed E-state index contributed by atoms with van der Waals surface area (Å²) in [7, 11) is 0. The fourth-order valence-corrected chi connectivity index (χ4v) is 3.37. The number of piperidine rings is 1. The van der Waals surface area contributed by atoms with Crippen molar-refractivity contribution in [3.63, 3.8) is 0 Å². The van der Waals surface area contributed by atoms with E-state index in [0.29, 0.717) is 12.2 Å². The van der Waals surface area contributed by atoms with Crippen molar-refractivity contribution in [2.45, 2.75) is 12.8 Å². The first-order valence-corrected chi connectivity index (χ1v) is 7.69. The van der Waals surface area contributed by atoms with Gasteiger partial charge in [0, 0.05) is 29.7 Å². The molecule has 0 spiro atoms. The summed E-state index contributed by atoms with van der Waals surface area (Å²) in [6.45, 7) is 1.45. The molecule has 0 radical (unpaired) electrons. The van der Waals surface area contributed by atoms with Crippen molar-refractivity contribution in [3.8, 4) is 0 Å². The van der Waals surface area contributed by atoms with Crippen molar-refractivity contribution >= 4 is 39.3 Å². The second kappa shape index (κ2) is 5.12. The number of nitrogens with one attached hydrogen (secondary N) is 1. The monoisotopic (exact) mass is 310 g/mol. The molecular weight excluding hydrogens is 292 g/mol. The molecular formula is C16H18N6O. The molecule has 1 aromatic carbocycles. The molecule has 1 aliphatic heterocycles. The van der Waals surface area contributed by atoms with Crippen LogP contribution in [0.4, 0.5) is 11.5 Å². The van der Waals surface area contributed by atoms with Gasteiger partial charge in [-0.3, -0.25) is 4.79 Å². The maximum Gasteiger partial charge on any atom is 0.222 e. The Hall–Kier alpha value is -2.83. The highest BCUT2D eigenvalue weighted by Crippen LogP contribution is 2.33. The summed E-state index contributed by atoms with van der Waals surface area (Å²) in [4.78, 5) is 25.8. The van der Waals surface area contributed by atoms with Gasteiger partial charge in [-0.25, -0.2) is 9.97 Å². The average Bonchev–Trinajstić information content (AvgIpc) is 2.93. The number of benzene rings is 1. The highest BCUT2D eigenvalue weighted by Gasteiger charge is 2.26. The van der Waals surface area contributed by atoms with Gasteiger partial charge in [0.15, 0.2) is 0 Å². The molecule has 1 fully saturated rings. The number of rotatable bonds is 2. The van der Waals surface area contributed by atoms with Crippen molar-refractivity contribution < 1.29 is 4.79 Å². The molecule has 7 heteroatoms. The molecule has 4 rings (SSSR count). The van der Waals surface area contributed by atoms with E-state index < -0.39 is 0 Å². The van der Waals surface area contributed by atoms with Crippen molar-refractivity contribution in [2.24, 2.45) is 11.7 Å². The van der Waals surface area contributed by atoms with Gasteiger partial charge in [0.05, 0.1) is 11.3 Å². The largest absolute Gasteiger partial charge is 0.399 e. The summed E-state index contributed by atoms with van der Waals surface area (Å²) in [5.41, 5.74) is 13.9. The third-order valence-electron chi connectivity index (χ3n) is 4.52. The standard InChI is InChI=1S/C16H18N6O/c17-10-3-4-12-11(6-10)13-15(21-12)19-8-20-16(13)22-5-1-2-9(7-22)14(18)23/h3-4,6,8-9H,1-2,5,7,17H2,(H2,18,23)(H,19,20,21). The normalized spacial score (nSPS) is 18.6. The smallest absolute Gasteiger partial charge is 0.222 e. The van der Waals surface area contributed by atoms with Gasteiger partial charge in [0.1, 0.15) is 17.8 Å². The minimum atomic E-state index is -0.247. The number of hydrogen-bond acceptors (Lipinski definition) is 5. The van der Waals surface area contributed by atoms with Crippen LogP contribution in [0.1, 0.15) is 12.8 Å². The van der Waals surface area contributed by atoms with E-state index in [9.17, 15) is 4.79 Å². The van der Waals surface area contributed by atoms with Gasteiger partial charge < -0.3 is 21.4 Å². The van der Waals surface area contributed by atoms with Crippen LogP contribution in [0, 0.1) is 5.92 Å². The molecule has 1 unspecified atom stereocenters. The van der Waals surface area contributed by atoms with E-state index in [1.165, 1.54) is 0 Å². The van der Waals surface area contributed by atoms with E-state index in [1.54, 1.807) is 6.33 Å². The number of carbonyl (C=O) groups is 1. The lowest BCUT2D eigenvalue weighted by molar-refractivity contribution is -0.122. The van der Waals surface area contributed by atoms with Gasteiger partial charge in [0.25, 0.3) is 0 Å². The quantitative estimate of drug-likeness (QED) is 0.619. The fraction of sp³-hybridized carbons (Fsp3) is 0.312. The SMILES string of the molecule is NC(=O)C1CCCN(c2ncnc3[nH]c4ccc(N)cc4c23)C1. The minimum Gasteiger partial charge on any atom is -0.399 e. The number of nitrogens with two attached hydrogens (primary N) is 2. The highest BCUT2D eigenvalue weighted by atomic mass is 16.1. The summed E-state index contributed by atoms with van der Waals surface area (Å²) >= 11 is 0. The first-order chi connectivity index (χ1) is 11.1. The molecule has 1 amide bonds. The summed E-state index contributed by atoms with van der Waals surface area (Å²) in [6, 6.07) is 5.73. The number of nitrogen functional groups attached to an aromatic ring is 1. The second-order valence-electron chi connectivity index (χ2n) is 6.04. The van der Waals surface area contributed by atoms with Gasteiger partial charge in [-0.15, -0.1) is 0 Å². The average molecular weight is 310 g/mol. The lowest BCUT2D eigenvalue weighted by Crippen LogP contribution is -2.41. The first-order valence-electron chi connectivity index (χ1n) is 7.69. The lowest BCUT2D eigenvalue weighted by atomic mass is 9.97. The number of amides is 1. The predicted octanol–water partition coefficient (Wildman–Crippen LogP) is 1.39. The van der Waals surface area contributed by atoms with E-state index in [1.807, 2.05) is 18.2 Å². The lowest BCUT2D eigenvalue weighted by Gasteiger charge is -2.32. The maximum atomic E-state index is 11.5. The zero-order valence-corrected chi connectivity index (χ0v) is 12.6. The molecule has 0 saturated carbocycles. The van der Waals surface area contributed by atoms with Crippen molar-refractivity contribution in [1.29, 1.82) is 0 Å². The molecule has 0 bridgehead atoms. The number of anilines is 2. The van der Waals surface area contributed by atoms with E-state index >= 15 is 0 Å². The Morgan fingerprint density at radius 1 is 1.35 bits per heavy atom. The Kier molecular flexibility index (Phi) is 3.07. The number of nitrogens with zero attached hydrogens (tertiary/aromatic N) is 3. The third kappa shape index (κ3) is 2.25. The molecule has 1 saturated heterocycles. The number of carbonyl (C=O) groups excluding carboxylic acids is 1. The van der Waals surface area contributed by atoms with Gasteiger partial charge in [0.2, 0.25) is 5.91 Å². The topological polar surface area (TPSA) is 114 Å². The summed E-state index contributed by atoms with van der Waals surface area (Å²) < 4.78 is 0. The van der Waals surface area contributed by atoms with Crippen LogP contribution in [0.25, 0.3) is 21.9 Å². The molecule has 3 aromatic rings. The van der Waals surface area contributed by atoms with E-state index in [2.05, 4.69) is 19.9 Å². The number of fused-ring (bicyclic) bond motifs is 3. The van der Waals surface area contributed by atoms with Gasteiger partial charge in [-0.2, -0.15) is 0 Å². The van der Waals surface area contributed by atoms with Gasteiger partial charge in [-0.05, 0) is 31.0 Å². The Bertz CT molecular complexity index is 902. The molecule has 3 heterocycles. The molecule has 0 aliphatic carbocycles. The van der Waals surface area contributed by atoms with Crippen molar-refractivity contribution in [3.05, 3.63) is 24.5 Å². The maximum absolute atomic E-state index is 11.5. The zero-order valence-electron chi connectivity index (χ0n) is 12.6. The molecule has 1 aliphatic rings. The summed E-state index contributed by atoms with van der Waals surface area (Å²) in [6.07, 6.45) is 3.30. The molecule has 7 nitrogen and oxygen atoms in total. The molecule has 5 N–H and O–H groups in total. The van der Waals surface area contributed by atoms with E-state index in [4.69, 9.17) is 11.5 Å².